The van der Waals surface area contributed by atoms with Gasteiger partial charge in [-0.1, -0.05) is 0 Å². The van der Waals surface area contributed by atoms with Crippen LogP contribution in [0.5, 0.6) is 0 Å². The maximum atomic E-state index is 11.5. The molecule has 0 saturated carbocycles. The van der Waals surface area contributed by atoms with Gasteiger partial charge in [-0.2, -0.15) is 0 Å². The molecule has 1 aliphatic heterocycles. The van der Waals surface area contributed by atoms with Crippen LogP contribution in [-0.4, -0.2) is 42.1 Å². The Kier molecular flexibility index (Phi) is 4.15. The normalized spacial score (nSPS) is 18.1. The van der Waals surface area contributed by atoms with E-state index in [1.54, 1.807) is 4.90 Å². The van der Waals surface area contributed by atoms with Crippen molar-refractivity contribution in [2.75, 3.05) is 13.1 Å². The summed E-state index contributed by atoms with van der Waals surface area (Å²) in [4.78, 5) is 23.6. The molecule has 1 rings (SSSR count). The van der Waals surface area contributed by atoms with Crippen LogP contribution < -0.4 is 5.32 Å². The third-order valence-corrected chi connectivity index (χ3v) is 2.38. The van der Waals surface area contributed by atoms with Gasteiger partial charge in [-0.25, -0.2) is 4.79 Å². The van der Waals surface area contributed by atoms with E-state index in [-0.39, 0.29) is 17.7 Å². The lowest BCUT2D eigenvalue weighted by Gasteiger charge is -2.30. The van der Waals surface area contributed by atoms with Crippen LogP contribution in [-0.2, 0) is 9.53 Å². The summed E-state index contributed by atoms with van der Waals surface area (Å²) in [5, 5.41) is 2.75. The molecule has 2 amide bonds. The zero-order valence-corrected chi connectivity index (χ0v) is 10.2. The second-order valence-corrected chi connectivity index (χ2v) is 5.12. The van der Waals surface area contributed by atoms with Crippen LogP contribution in [0, 0.1) is 0 Å². The topological polar surface area (TPSA) is 58.6 Å². The minimum absolute atomic E-state index is 0.0708. The first-order valence-corrected chi connectivity index (χ1v) is 5.59. The van der Waals surface area contributed by atoms with Gasteiger partial charge >= 0.3 is 6.09 Å². The van der Waals surface area contributed by atoms with E-state index in [0.29, 0.717) is 13.1 Å². The van der Waals surface area contributed by atoms with Crippen molar-refractivity contribution >= 4 is 12.5 Å². The number of ether oxygens (including phenoxy) is 1. The first-order chi connectivity index (χ1) is 7.40. The van der Waals surface area contributed by atoms with Crippen LogP contribution in [0.4, 0.5) is 4.79 Å². The van der Waals surface area contributed by atoms with Crippen molar-refractivity contribution in [3.63, 3.8) is 0 Å². The summed E-state index contributed by atoms with van der Waals surface area (Å²) in [5.74, 6) is 0. The number of amides is 2. The van der Waals surface area contributed by atoms with Gasteiger partial charge in [0.15, 0.2) is 0 Å². The Morgan fingerprint density at radius 2 is 1.94 bits per heavy atom. The average molecular weight is 228 g/mol. The Labute approximate surface area is 96.1 Å². The number of nitrogens with one attached hydrogen (secondary N) is 1. The molecule has 0 unspecified atom stereocenters. The van der Waals surface area contributed by atoms with Gasteiger partial charge in [-0.05, 0) is 20.8 Å². The molecule has 0 atom stereocenters. The fraction of sp³-hybridized carbons (Fsp3) is 0.818. The highest BCUT2D eigenvalue weighted by atomic mass is 16.6. The molecule has 5 nitrogen and oxygen atoms in total. The van der Waals surface area contributed by atoms with Gasteiger partial charge in [0, 0.05) is 31.5 Å². The van der Waals surface area contributed by atoms with Crippen LogP contribution in [0.2, 0.25) is 0 Å². The average Bonchev–Trinajstić information content (AvgIpc) is 2.16. The van der Waals surface area contributed by atoms with Crippen molar-refractivity contribution in [3.8, 4) is 0 Å². The number of hydrogen-bond acceptors (Lipinski definition) is 3. The molecule has 0 spiro atoms. The number of carbonyl (C=O) groups excluding carboxylic acids is 2. The lowest BCUT2D eigenvalue weighted by molar-refractivity contribution is -0.119. The highest BCUT2D eigenvalue weighted by molar-refractivity contribution is 5.68. The molecule has 0 aromatic carbocycles. The molecule has 0 bridgehead atoms. The fourth-order valence-electron chi connectivity index (χ4n) is 1.59. The number of carbonyl (C=O) groups is 2. The minimum Gasteiger partial charge on any atom is -0.446 e. The highest BCUT2D eigenvalue weighted by Crippen LogP contribution is 2.13. The lowest BCUT2D eigenvalue weighted by Crippen LogP contribution is -2.44. The van der Waals surface area contributed by atoms with E-state index < -0.39 is 0 Å². The van der Waals surface area contributed by atoms with E-state index in [0.717, 1.165) is 19.3 Å². The first-order valence-electron chi connectivity index (χ1n) is 5.59. The van der Waals surface area contributed by atoms with Crippen molar-refractivity contribution in [1.82, 2.24) is 10.2 Å². The monoisotopic (exact) mass is 228 g/mol. The summed E-state index contributed by atoms with van der Waals surface area (Å²) in [6.45, 7) is 7.05. The van der Waals surface area contributed by atoms with Crippen LogP contribution in [0.1, 0.15) is 33.6 Å². The molecule has 1 heterocycles. The van der Waals surface area contributed by atoms with E-state index in [1.807, 2.05) is 20.8 Å². The number of hydrogen-bond donors (Lipinski definition) is 1. The van der Waals surface area contributed by atoms with E-state index in [1.165, 1.54) is 0 Å². The van der Waals surface area contributed by atoms with Crippen molar-refractivity contribution in [2.24, 2.45) is 0 Å². The Balaban J connectivity index is 2.28. The van der Waals surface area contributed by atoms with Crippen molar-refractivity contribution in [3.05, 3.63) is 0 Å². The van der Waals surface area contributed by atoms with E-state index in [2.05, 4.69) is 5.32 Å². The molecule has 16 heavy (non-hydrogen) atoms. The minimum atomic E-state index is -0.378. The van der Waals surface area contributed by atoms with Gasteiger partial charge in [-0.15, -0.1) is 0 Å². The number of rotatable bonds is 2. The quantitative estimate of drug-likeness (QED) is 0.721. The van der Waals surface area contributed by atoms with E-state index in [9.17, 15) is 9.59 Å². The van der Waals surface area contributed by atoms with Crippen molar-refractivity contribution in [2.45, 2.75) is 45.3 Å². The van der Waals surface area contributed by atoms with Gasteiger partial charge in [0.25, 0.3) is 0 Å². The zero-order chi connectivity index (χ0) is 12.2. The van der Waals surface area contributed by atoms with E-state index >= 15 is 0 Å². The van der Waals surface area contributed by atoms with E-state index in [4.69, 9.17) is 4.74 Å². The molecule has 92 valence electrons. The number of likely N-dealkylation sites (tertiary alicyclic amines) is 1. The summed E-state index contributed by atoms with van der Waals surface area (Å²) in [7, 11) is 0. The molecule has 1 saturated heterocycles. The smallest absolute Gasteiger partial charge is 0.407 e. The number of nitrogens with zero attached hydrogens (tertiary/aromatic N) is 1. The second kappa shape index (κ2) is 5.18. The predicted octanol–water partition coefficient (Wildman–Crippen LogP) is 1.13. The summed E-state index contributed by atoms with van der Waals surface area (Å²) >= 11 is 0. The molecule has 0 aromatic rings. The first kappa shape index (κ1) is 12.8. The summed E-state index contributed by atoms with van der Waals surface area (Å²) in [6.07, 6.45) is 1.83. The predicted molar refractivity (Wildman–Crippen MR) is 60.0 cm³/mol. The Hall–Kier alpha value is -1.26. The second-order valence-electron chi connectivity index (χ2n) is 5.12. The Morgan fingerprint density at radius 1 is 1.38 bits per heavy atom. The van der Waals surface area contributed by atoms with Gasteiger partial charge in [-0.3, -0.25) is 4.79 Å². The third-order valence-electron chi connectivity index (χ3n) is 2.38. The van der Waals surface area contributed by atoms with Crippen molar-refractivity contribution in [1.29, 1.82) is 0 Å². The third kappa shape index (κ3) is 4.51. The Bertz CT molecular complexity index is 252. The molecule has 0 radical (unpaired) electrons. The van der Waals surface area contributed by atoms with Crippen LogP contribution in [0.15, 0.2) is 0 Å². The number of alkyl carbamates (subject to hydrolysis) is 1. The zero-order valence-electron chi connectivity index (χ0n) is 10.2. The lowest BCUT2D eigenvalue weighted by atomic mass is 10.1. The fourth-order valence-corrected chi connectivity index (χ4v) is 1.59. The summed E-state index contributed by atoms with van der Waals surface area (Å²) in [5.41, 5.74) is -0.277. The van der Waals surface area contributed by atoms with Crippen LogP contribution in [0.3, 0.4) is 0 Å². The van der Waals surface area contributed by atoms with Crippen LogP contribution in [0.25, 0.3) is 0 Å². The number of piperidine rings is 1. The standard InChI is InChI=1S/C11H20N2O3/c1-11(2,3)12-10(15)16-9-4-6-13(8-14)7-5-9/h8-9H,4-7H2,1-3H3,(H,12,15). The van der Waals surface area contributed by atoms with Crippen molar-refractivity contribution < 1.29 is 14.3 Å². The molecular weight excluding hydrogens is 208 g/mol. The molecule has 5 heteroatoms. The molecule has 0 aromatic heterocycles. The molecular formula is C11H20N2O3. The molecule has 0 aliphatic carbocycles. The Morgan fingerprint density at radius 3 is 2.38 bits per heavy atom. The maximum absolute atomic E-state index is 11.5. The highest BCUT2D eigenvalue weighted by Gasteiger charge is 2.23. The largest absolute Gasteiger partial charge is 0.446 e. The van der Waals surface area contributed by atoms with Gasteiger partial charge in [0.2, 0.25) is 6.41 Å². The van der Waals surface area contributed by atoms with Gasteiger partial charge in [0.05, 0.1) is 0 Å². The molecule has 1 aliphatic rings. The molecule has 1 fully saturated rings. The van der Waals surface area contributed by atoms with Gasteiger partial charge in [0.1, 0.15) is 6.10 Å². The van der Waals surface area contributed by atoms with Gasteiger partial charge < -0.3 is 15.0 Å². The maximum Gasteiger partial charge on any atom is 0.407 e. The summed E-state index contributed by atoms with van der Waals surface area (Å²) < 4.78 is 5.27. The SMILES string of the molecule is CC(C)(C)NC(=O)OC1CCN(C=O)CC1. The van der Waals surface area contributed by atoms with Crippen LogP contribution >= 0.6 is 0 Å². The molecule has 1 N–H and O–H groups in total. The summed E-state index contributed by atoms with van der Waals surface area (Å²) in [6, 6.07) is 0.